The SMILES string of the molecule is ClC(c1csc(Br)c1)c1ccc(Br)c2ccccc12. The van der Waals surface area contributed by atoms with Gasteiger partial charge in [-0.25, -0.2) is 0 Å². The molecule has 0 N–H and O–H groups in total. The third kappa shape index (κ3) is 2.62. The Morgan fingerprint density at radius 1 is 1.00 bits per heavy atom. The monoisotopic (exact) mass is 414 g/mol. The number of rotatable bonds is 2. The fourth-order valence-electron chi connectivity index (χ4n) is 2.14. The predicted molar refractivity (Wildman–Crippen MR) is 91.4 cm³/mol. The Balaban J connectivity index is 2.18. The lowest BCUT2D eigenvalue weighted by molar-refractivity contribution is 1.17. The molecule has 0 radical (unpaired) electrons. The van der Waals surface area contributed by atoms with Crippen molar-refractivity contribution in [2.45, 2.75) is 5.38 Å². The molecule has 3 aromatic rings. The second kappa shape index (κ2) is 5.57. The number of fused-ring (bicyclic) bond motifs is 1. The van der Waals surface area contributed by atoms with Crippen LogP contribution in [0.4, 0.5) is 0 Å². The molecule has 0 fully saturated rings. The maximum atomic E-state index is 6.65. The van der Waals surface area contributed by atoms with Crippen molar-refractivity contribution in [1.29, 1.82) is 0 Å². The molecule has 2 aromatic carbocycles. The highest BCUT2D eigenvalue weighted by molar-refractivity contribution is 9.11. The Morgan fingerprint density at radius 3 is 2.42 bits per heavy atom. The van der Waals surface area contributed by atoms with E-state index in [2.05, 4.69) is 67.6 Å². The number of hydrogen-bond donors (Lipinski definition) is 0. The van der Waals surface area contributed by atoms with E-state index in [1.807, 2.05) is 12.1 Å². The van der Waals surface area contributed by atoms with Crippen LogP contribution in [-0.2, 0) is 0 Å². The van der Waals surface area contributed by atoms with Gasteiger partial charge in [0.2, 0.25) is 0 Å². The van der Waals surface area contributed by atoms with E-state index in [1.54, 1.807) is 11.3 Å². The van der Waals surface area contributed by atoms with Crippen molar-refractivity contribution in [3.63, 3.8) is 0 Å². The standard InChI is InChI=1S/C15H9Br2ClS/c16-13-6-5-12(10-3-1-2-4-11(10)13)15(18)9-7-14(17)19-8-9/h1-8,15H. The summed E-state index contributed by atoms with van der Waals surface area (Å²) in [5, 5.41) is 4.36. The van der Waals surface area contributed by atoms with Gasteiger partial charge in [-0.2, -0.15) is 0 Å². The van der Waals surface area contributed by atoms with Crippen LogP contribution in [0, 0.1) is 0 Å². The quantitative estimate of drug-likeness (QED) is 0.405. The minimum absolute atomic E-state index is 0.124. The van der Waals surface area contributed by atoms with Crippen molar-refractivity contribution >= 4 is 65.6 Å². The van der Waals surface area contributed by atoms with Crippen LogP contribution in [0.25, 0.3) is 10.8 Å². The van der Waals surface area contributed by atoms with Crippen LogP contribution in [0.15, 0.2) is 56.1 Å². The summed E-state index contributed by atoms with van der Waals surface area (Å²) in [4.78, 5) is 0. The van der Waals surface area contributed by atoms with Gasteiger partial charge in [0.25, 0.3) is 0 Å². The van der Waals surface area contributed by atoms with Crippen LogP contribution in [-0.4, -0.2) is 0 Å². The van der Waals surface area contributed by atoms with E-state index >= 15 is 0 Å². The van der Waals surface area contributed by atoms with E-state index in [9.17, 15) is 0 Å². The molecule has 0 aliphatic heterocycles. The molecule has 3 rings (SSSR count). The second-order valence-electron chi connectivity index (χ2n) is 4.23. The summed E-state index contributed by atoms with van der Waals surface area (Å²) in [6, 6.07) is 14.6. The molecule has 0 saturated carbocycles. The Bertz CT molecular complexity index is 736. The van der Waals surface area contributed by atoms with Gasteiger partial charge in [0.1, 0.15) is 0 Å². The van der Waals surface area contributed by atoms with E-state index in [1.165, 1.54) is 10.8 Å². The molecule has 0 saturated heterocycles. The topological polar surface area (TPSA) is 0 Å². The first-order chi connectivity index (χ1) is 9.16. The summed E-state index contributed by atoms with van der Waals surface area (Å²) < 4.78 is 2.21. The zero-order valence-corrected chi connectivity index (χ0v) is 14.5. The van der Waals surface area contributed by atoms with E-state index in [0.717, 1.165) is 19.4 Å². The highest BCUT2D eigenvalue weighted by Gasteiger charge is 2.16. The molecule has 1 atom stereocenters. The maximum Gasteiger partial charge on any atom is 0.0849 e. The van der Waals surface area contributed by atoms with Gasteiger partial charge in [-0.1, -0.05) is 46.3 Å². The average molecular weight is 417 g/mol. The molecule has 0 bridgehead atoms. The lowest BCUT2D eigenvalue weighted by Gasteiger charge is -2.12. The van der Waals surface area contributed by atoms with Crippen LogP contribution >= 0.6 is 54.8 Å². The normalized spacial score (nSPS) is 12.8. The van der Waals surface area contributed by atoms with Crippen molar-refractivity contribution in [1.82, 2.24) is 0 Å². The highest BCUT2D eigenvalue weighted by Crippen LogP contribution is 2.38. The van der Waals surface area contributed by atoms with Gasteiger partial charge in [0.15, 0.2) is 0 Å². The molecule has 0 aliphatic carbocycles. The Kier molecular flexibility index (Phi) is 3.99. The van der Waals surface area contributed by atoms with Gasteiger partial charge in [0.05, 0.1) is 9.16 Å². The van der Waals surface area contributed by atoms with Crippen molar-refractivity contribution in [3.8, 4) is 0 Å². The highest BCUT2D eigenvalue weighted by atomic mass is 79.9. The summed E-state index contributed by atoms with van der Waals surface area (Å²) in [5.41, 5.74) is 2.27. The van der Waals surface area contributed by atoms with Crippen LogP contribution < -0.4 is 0 Å². The van der Waals surface area contributed by atoms with Gasteiger partial charge in [-0.05, 0) is 55.3 Å². The molecule has 0 amide bonds. The Labute approximate surface area is 137 Å². The van der Waals surface area contributed by atoms with Crippen molar-refractivity contribution in [2.24, 2.45) is 0 Å². The Morgan fingerprint density at radius 2 is 1.74 bits per heavy atom. The number of benzene rings is 2. The van der Waals surface area contributed by atoms with Gasteiger partial charge < -0.3 is 0 Å². The first-order valence-electron chi connectivity index (χ1n) is 5.72. The molecule has 4 heteroatoms. The van der Waals surface area contributed by atoms with E-state index < -0.39 is 0 Å². The van der Waals surface area contributed by atoms with E-state index in [4.69, 9.17) is 11.6 Å². The Hall–Kier alpha value is -0.350. The van der Waals surface area contributed by atoms with E-state index in [-0.39, 0.29) is 5.38 Å². The minimum Gasteiger partial charge on any atom is -0.136 e. The number of thiophene rings is 1. The third-order valence-corrected chi connectivity index (χ3v) is 5.76. The zero-order valence-electron chi connectivity index (χ0n) is 9.74. The first kappa shape index (κ1) is 13.6. The van der Waals surface area contributed by atoms with Crippen LogP contribution in [0.5, 0.6) is 0 Å². The predicted octanol–water partition coefficient (Wildman–Crippen LogP) is 6.75. The van der Waals surface area contributed by atoms with Gasteiger partial charge in [0, 0.05) is 4.47 Å². The lowest BCUT2D eigenvalue weighted by Crippen LogP contribution is -1.93. The van der Waals surface area contributed by atoms with Crippen LogP contribution in [0.2, 0.25) is 0 Å². The summed E-state index contributed by atoms with van der Waals surface area (Å²) in [6.07, 6.45) is 0. The van der Waals surface area contributed by atoms with Gasteiger partial charge in [-0.3, -0.25) is 0 Å². The molecule has 96 valence electrons. The molecule has 1 unspecified atom stereocenters. The van der Waals surface area contributed by atoms with Gasteiger partial charge in [-0.15, -0.1) is 22.9 Å². The minimum atomic E-state index is -0.124. The van der Waals surface area contributed by atoms with Crippen molar-refractivity contribution in [2.75, 3.05) is 0 Å². The molecular weight excluding hydrogens is 407 g/mol. The second-order valence-corrected chi connectivity index (χ2v) is 7.81. The zero-order chi connectivity index (χ0) is 13.4. The summed E-state index contributed by atoms with van der Waals surface area (Å²) >= 11 is 15.4. The summed E-state index contributed by atoms with van der Waals surface area (Å²) in [5.74, 6) is 0. The molecule has 19 heavy (non-hydrogen) atoms. The van der Waals surface area contributed by atoms with Crippen LogP contribution in [0.1, 0.15) is 16.5 Å². The number of hydrogen-bond acceptors (Lipinski definition) is 1. The summed E-state index contributed by atoms with van der Waals surface area (Å²) in [7, 11) is 0. The van der Waals surface area contributed by atoms with Crippen LogP contribution in [0.3, 0.4) is 0 Å². The summed E-state index contributed by atoms with van der Waals surface area (Å²) in [6.45, 7) is 0. The third-order valence-electron chi connectivity index (χ3n) is 3.06. The molecule has 1 aromatic heterocycles. The number of halogens is 3. The van der Waals surface area contributed by atoms with E-state index in [0.29, 0.717) is 0 Å². The van der Waals surface area contributed by atoms with Gasteiger partial charge >= 0.3 is 0 Å². The van der Waals surface area contributed by atoms with Crippen molar-refractivity contribution < 1.29 is 0 Å². The van der Waals surface area contributed by atoms with Crippen molar-refractivity contribution in [3.05, 3.63) is 67.2 Å². The number of alkyl halides is 1. The maximum absolute atomic E-state index is 6.65. The average Bonchev–Trinajstić information content (AvgIpc) is 2.86. The largest absolute Gasteiger partial charge is 0.136 e. The molecule has 1 heterocycles. The molecule has 0 spiro atoms. The fraction of sp³-hybridized carbons (Fsp3) is 0.0667. The fourth-order valence-corrected chi connectivity index (χ4v) is 4.21. The molecular formula is C15H9Br2ClS. The lowest BCUT2D eigenvalue weighted by atomic mass is 9.99. The smallest absolute Gasteiger partial charge is 0.0849 e. The molecule has 0 nitrogen and oxygen atoms in total. The first-order valence-corrected chi connectivity index (χ1v) is 8.62. The molecule has 0 aliphatic rings.